The van der Waals surface area contributed by atoms with E-state index in [1.165, 1.54) is 33.4 Å². The molecular formula is C60H41N3O. The molecule has 0 saturated heterocycles. The molecule has 0 fully saturated rings. The van der Waals surface area contributed by atoms with Gasteiger partial charge in [0.25, 0.3) is 0 Å². The van der Waals surface area contributed by atoms with Gasteiger partial charge in [0, 0.05) is 32.9 Å². The Morgan fingerprint density at radius 1 is 0.328 bits per heavy atom. The van der Waals surface area contributed by atoms with Crippen LogP contribution in [0.2, 0.25) is 0 Å². The lowest BCUT2D eigenvalue weighted by Gasteiger charge is -2.21. The fraction of sp³-hybridized carbons (Fsp3) is 0.0500. The van der Waals surface area contributed by atoms with Crippen molar-refractivity contribution in [2.75, 3.05) is 0 Å². The van der Waals surface area contributed by atoms with Crippen LogP contribution in [0.3, 0.4) is 0 Å². The molecule has 11 aromatic rings. The van der Waals surface area contributed by atoms with Crippen LogP contribution >= 0.6 is 0 Å². The fourth-order valence-corrected chi connectivity index (χ4v) is 9.79. The lowest BCUT2D eigenvalue weighted by molar-refractivity contribution is 0.660. The van der Waals surface area contributed by atoms with Gasteiger partial charge >= 0.3 is 0 Å². The van der Waals surface area contributed by atoms with Crippen molar-refractivity contribution >= 4 is 21.9 Å². The van der Waals surface area contributed by atoms with E-state index in [1.54, 1.807) is 0 Å². The molecule has 1 aliphatic carbocycles. The summed E-state index contributed by atoms with van der Waals surface area (Å²) < 4.78 is 6.57. The van der Waals surface area contributed by atoms with Gasteiger partial charge in [-0.15, -0.1) is 0 Å². The first-order chi connectivity index (χ1) is 31.5. The maximum atomic E-state index is 6.57. The molecule has 0 radical (unpaired) electrons. The van der Waals surface area contributed by atoms with Crippen molar-refractivity contribution in [2.45, 2.75) is 19.3 Å². The van der Waals surface area contributed by atoms with Crippen LogP contribution in [-0.4, -0.2) is 15.0 Å². The second-order valence-corrected chi connectivity index (χ2v) is 17.1. The molecule has 0 amide bonds. The minimum Gasteiger partial charge on any atom is -0.456 e. The Balaban J connectivity index is 0.991. The quantitative estimate of drug-likeness (QED) is 0.161. The summed E-state index contributed by atoms with van der Waals surface area (Å²) >= 11 is 0. The third kappa shape index (κ3) is 6.26. The van der Waals surface area contributed by atoms with Crippen LogP contribution in [-0.2, 0) is 5.41 Å². The summed E-state index contributed by atoms with van der Waals surface area (Å²) in [7, 11) is 0. The fourth-order valence-electron chi connectivity index (χ4n) is 9.79. The molecule has 0 unspecified atom stereocenters. The molecule has 0 spiro atoms. The van der Waals surface area contributed by atoms with Gasteiger partial charge in [0.15, 0.2) is 17.5 Å². The first kappa shape index (κ1) is 37.5. The third-order valence-corrected chi connectivity index (χ3v) is 13.0. The van der Waals surface area contributed by atoms with Crippen molar-refractivity contribution in [1.82, 2.24) is 15.0 Å². The van der Waals surface area contributed by atoms with E-state index in [-0.39, 0.29) is 5.41 Å². The average molecular weight is 820 g/mol. The van der Waals surface area contributed by atoms with E-state index < -0.39 is 0 Å². The Bertz CT molecular complexity index is 3570. The average Bonchev–Trinajstić information content (AvgIpc) is 3.86. The molecule has 64 heavy (non-hydrogen) atoms. The number of rotatable bonds is 7. The van der Waals surface area contributed by atoms with E-state index in [0.717, 1.165) is 72.0 Å². The van der Waals surface area contributed by atoms with Gasteiger partial charge < -0.3 is 4.42 Å². The highest BCUT2D eigenvalue weighted by molar-refractivity contribution is 6.13. The second-order valence-electron chi connectivity index (χ2n) is 17.1. The standard InChI is InChI=1S/C60H41N3O/c1-60(2)51-27-12-11-24-48(51)55-46(25-14-28-52(55)60)41-32-30-39(31-33-41)43-34-35-53-50(37-43)56-49(26-15-29-54(56)64-53)59-62-57(44-21-13-20-42(36-44)38-16-5-3-6-17-38)61-58(63-59)47-23-10-9-22-45(47)40-18-7-4-8-19-40/h3-37H,1-2H3. The summed E-state index contributed by atoms with van der Waals surface area (Å²) in [5, 5.41) is 1.97. The Labute approximate surface area is 372 Å². The molecule has 4 nitrogen and oxygen atoms in total. The largest absolute Gasteiger partial charge is 0.456 e. The van der Waals surface area contributed by atoms with Crippen LogP contribution in [0.15, 0.2) is 217 Å². The van der Waals surface area contributed by atoms with Crippen LogP contribution < -0.4 is 0 Å². The van der Waals surface area contributed by atoms with Crippen molar-refractivity contribution < 1.29 is 4.42 Å². The predicted molar refractivity (Wildman–Crippen MR) is 263 cm³/mol. The Morgan fingerprint density at radius 3 is 1.62 bits per heavy atom. The molecule has 1 aliphatic rings. The summed E-state index contributed by atoms with van der Waals surface area (Å²) in [6.07, 6.45) is 0. The summed E-state index contributed by atoms with van der Waals surface area (Å²) in [6, 6.07) is 74.9. The smallest absolute Gasteiger partial charge is 0.164 e. The molecule has 12 rings (SSSR count). The molecule has 0 aliphatic heterocycles. The second kappa shape index (κ2) is 15.0. The normalized spacial score (nSPS) is 12.7. The van der Waals surface area contributed by atoms with Gasteiger partial charge in [-0.1, -0.05) is 202 Å². The SMILES string of the molecule is CC1(C)c2ccccc2-c2c(-c3ccc(-c4ccc5oc6cccc(-c7nc(-c8cccc(-c9ccccc9)c8)nc(-c8ccccc8-c8ccccc8)n7)c6c5c4)cc3)cccc21. The minimum absolute atomic E-state index is 0.0476. The number of benzene rings is 9. The molecule has 4 heteroatoms. The molecule has 2 aromatic heterocycles. The summed E-state index contributed by atoms with van der Waals surface area (Å²) in [4.78, 5) is 15.8. The van der Waals surface area contributed by atoms with E-state index in [1.807, 2.05) is 30.3 Å². The van der Waals surface area contributed by atoms with Gasteiger partial charge in [-0.05, 0) is 91.0 Å². The van der Waals surface area contributed by atoms with Gasteiger partial charge in [0.05, 0.1) is 0 Å². The van der Waals surface area contributed by atoms with E-state index in [9.17, 15) is 0 Å². The third-order valence-electron chi connectivity index (χ3n) is 13.0. The van der Waals surface area contributed by atoms with Crippen molar-refractivity contribution in [3.63, 3.8) is 0 Å². The number of hydrogen-bond acceptors (Lipinski definition) is 4. The van der Waals surface area contributed by atoms with Gasteiger partial charge in [-0.3, -0.25) is 0 Å². The van der Waals surface area contributed by atoms with Crippen LogP contribution in [0.25, 0.3) is 112 Å². The molecule has 9 aromatic carbocycles. The summed E-state index contributed by atoms with van der Waals surface area (Å²) in [6.45, 7) is 4.67. The topological polar surface area (TPSA) is 51.8 Å². The number of hydrogen-bond donors (Lipinski definition) is 0. The molecule has 302 valence electrons. The van der Waals surface area contributed by atoms with Gasteiger partial charge in [-0.2, -0.15) is 0 Å². The van der Waals surface area contributed by atoms with Gasteiger partial charge in [0.1, 0.15) is 11.2 Å². The highest BCUT2D eigenvalue weighted by Gasteiger charge is 2.36. The highest BCUT2D eigenvalue weighted by Crippen LogP contribution is 2.52. The maximum Gasteiger partial charge on any atom is 0.164 e. The number of aromatic nitrogens is 3. The van der Waals surface area contributed by atoms with E-state index in [4.69, 9.17) is 19.4 Å². The minimum atomic E-state index is -0.0476. The molecule has 0 N–H and O–H groups in total. The zero-order chi connectivity index (χ0) is 42.8. The number of fused-ring (bicyclic) bond motifs is 6. The molecular weight excluding hydrogens is 779 g/mol. The monoisotopic (exact) mass is 819 g/mol. The van der Waals surface area contributed by atoms with Crippen LogP contribution in [0.5, 0.6) is 0 Å². The molecule has 2 heterocycles. The Hall–Kier alpha value is -8.21. The number of nitrogens with zero attached hydrogens (tertiary/aromatic N) is 3. The maximum absolute atomic E-state index is 6.57. The first-order valence-electron chi connectivity index (χ1n) is 21.8. The highest BCUT2D eigenvalue weighted by atomic mass is 16.3. The zero-order valence-electron chi connectivity index (χ0n) is 35.5. The lowest BCUT2D eigenvalue weighted by atomic mass is 9.82. The summed E-state index contributed by atoms with van der Waals surface area (Å²) in [5.41, 5.74) is 18.8. The lowest BCUT2D eigenvalue weighted by Crippen LogP contribution is -2.14. The van der Waals surface area contributed by atoms with E-state index in [0.29, 0.717) is 17.5 Å². The van der Waals surface area contributed by atoms with Crippen molar-refractivity contribution in [1.29, 1.82) is 0 Å². The molecule has 0 atom stereocenters. The zero-order valence-corrected chi connectivity index (χ0v) is 35.5. The van der Waals surface area contributed by atoms with Crippen LogP contribution in [0.4, 0.5) is 0 Å². The van der Waals surface area contributed by atoms with Gasteiger partial charge in [-0.25, -0.2) is 15.0 Å². The van der Waals surface area contributed by atoms with Gasteiger partial charge in [0.2, 0.25) is 0 Å². The van der Waals surface area contributed by atoms with Crippen molar-refractivity contribution in [3.8, 4) is 89.8 Å². The summed E-state index contributed by atoms with van der Waals surface area (Å²) in [5.74, 6) is 1.78. The number of furan rings is 1. The molecule has 0 saturated carbocycles. The van der Waals surface area contributed by atoms with Crippen molar-refractivity contribution in [2.24, 2.45) is 0 Å². The van der Waals surface area contributed by atoms with Crippen LogP contribution in [0.1, 0.15) is 25.0 Å². The predicted octanol–water partition coefficient (Wildman–Crippen LogP) is 15.7. The van der Waals surface area contributed by atoms with Crippen molar-refractivity contribution in [3.05, 3.63) is 223 Å². The molecule has 0 bridgehead atoms. The first-order valence-corrected chi connectivity index (χ1v) is 21.8. The van der Waals surface area contributed by atoms with E-state index in [2.05, 4.69) is 196 Å². The van der Waals surface area contributed by atoms with Crippen LogP contribution in [0, 0.1) is 0 Å². The Kier molecular flexibility index (Phi) is 8.80. The van der Waals surface area contributed by atoms with E-state index >= 15 is 0 Å². The Morgan fingerprint density at radius 2 is 0.828 bits per heavy atom.